The molecule has 7 heteroatoms. The lowest BCUT2D eigenvalue weighted by Crippen LogP contribution is -2.30. The Morgan fingerprint density at radius 2 is 1.83 bits per heavy atom. The van der Waals surface area contributed by atoms with Crippen molar-refractivity contribution in [3.8, 4) is 11.3 Å². The first-order chi connectivity index (χ1) is 14.6. The first kappa shape index (κ1) is 19.6. The molecule has 152 valence electrons. The minimum atomic E-state index is -0.621. The van der Waals surface area contributed by atoms with E-state index < -0.39 is 5.97 Å². The number of carbonyl (C=O) groups is 3. The molecule has 0 bridgehead atoms. The molecule has 7 nitrogen and oxygen atoms in total. The van der Waals surface area contributed by atoms with Crippen LogP contribution in [0.15, 0.2) is 59.1 Å². The van der Waals surface area contributed by atoms with Crippen molar-refractivity contribution in [2.45, 2.75) is 26.4 Å². The smallest absolute Gasteiger partial charge is 0.338 e. The average Bonchev–Trinajstić information content (AvgIpc) is 3.35. The number of fused-ring (bicyclic) bond motifs is 1. The van der Waals surface area contributed by atoms with Gasteiger partial charge in [0.25, 0.3) is 11.8 Å². The van der Waals surface area contributed by atoms with Crippen LogP contribution in [0.1, 0.15) is 56.7 Å². The number of unbranched alkanes of at least 4 members (excludes halogenated alkanes) is 1. The summed E-state index contributed by atoms with van der Waals surface area (Å²) in [6.45, 7) is 2.22. The number of amides is 2. The Kier molecular flexibility index (Phi) is 5.43. The average molecular weight is 404 g/mol. The molecule has 30 heavy (non-hydrogen) atoms. The van der Waals surface area contributed by atoms with Crippen LogP contribution in [0, 0.1) is 0 Å². The zero-order valence-electron chi connectivity index (χ0n) is 16.5. The predicted octanol–water partition coefficient (Wildman–Crippen LogP) is 4.09. The van der Waals surface area contributed by atoms with Crippen molar-refractivity contribution in [2.24, 2.45) is 0 Å². The number of nitrogens with zero attached hydrogens (tertiary/aromatic N) is 2. The molecule has 3 aromatic rings. The van der Waals surface area contributed by atoms with Crippen molar-refractivity contribution in [1.29, 1.82) is 0 Å². The SMILES string of the molecule is CCCCN1C(=O)c2ccc(C(=O)OCc3ncc(-c4ccccc4)o3)cc2C1=O. The van der Waals surface area contributed by atoms with Crippen LogP contribution in [-0.2, 0) is 11.3 Å². The summed E-state index contributed by atoms with van der Waals surface area (Å²) in [5, 5.41) is 0. The summed E-state index contributed by atoms with van der Waals surface area (Å²) in [7, 11) is 0. The highest BCUT2D eigenvalue weighted by atomic mass is 16.5. The standard InChI is InChI=1S/C23H20N2O5/c1-2-3-11-25-21(26)17-10-9-16(12-18(17)22(25)27)23(28)29-14-20-24-13-19(30-20)15-7-5-4-6-8-15/h4-10,12-13H,2-3,11,14H2,1H3. The van der Waals surface area contributed by atoms with E-state index in [2.05, 4.69) is 4.98 Å². The summed E-state index contributed by atoms with van der Waals surface area (Å²) in [5.41, 5.74) is 1.61. The molecule has 4 rings (SSSR count). The Hall–Kier alpha value is -3.74. The molecule has 0 unspecified atom stereocenters. The third-order valence-corrected chi connectivity index (χ3v) is 4.88. The van der Waals surface area contributed by atoms with Gasteiger partial charge in [-0.2, -0.15) is 0 Å². The maximum atomic E-state index is 12.5. The molecule has 2 aromatic carbocycles. The lowest BCUT2D eigenvalue weighted by Gasteiger charge is -2.12. The predicted molar refractivity (Wildman–Crippen MR) is 108 cm³/mol. The molecule has 0 saturated heterocycles. The second-order valence-electron chi connectivity index (χ2n) is 6.94. The monoisotopic (exact) mass is 404 g/mol. The molecule has 0 aliphatic carbocycles. The topological polar surface area (TPSA) is 89.7 Å². The summed E-state index contributed by atoms with van der Waals surface area (Å²) in [5.74, 6) is -0.477. The number of imide groups is 1. The first-order valence-corrected chi connectivity index (χ1v) is 9.76. The second-order valence-corrected chi connectivity index (χ2v) is 6.94. The van der Waals surface area contributed by atoms with Crippen molar-refractivity contribution < 1.29 is 23.5 Å². The molecule has 0 saturated carbocycles. The lowest BCUT2D eigenvalue weighted by molar-refractivity contribution is 0.0438. The Labute approximate surface area is 173 Å². The van der Waals surface area contributed by atoms with Gasteiger partial charge < -0.3 is 9.15 Å². The van der Waals surface area contributed by atoms with Crippen molar-refractivity contribution in [2.75, 3.05) is 6.54 Å². The number of hydrogen-bond donors (Lipinski definition) is 0. The van der Waals surface area contributed by atoms with Gasteiger partial charge in [-0.05, 0) is 24.6 Å². The van der Waals surface area contributed by atoms with Gasteiger partial charge in [0.2, 0.25) is 5.89 Å². The molecule has 0 atom stereocenters. The summed E-state index contributed by atoms with van der Waals surface area (Å²) in [6.07, 6.45) is 3.18. The molecule has 0 radical (unpaired) electrons. The van der Waals surface area contributed by atoms with Gasteiger partial charge in [-0.25, -0.2) is 9.78 Å². The van der Waals surface area contributed by atoms with Crippen LogP contribution in [0.2, 0.25) is 0 Å². The number of benzene rings is 2. The number of aromatic nitrogens is 1. The fourth-order valence-corrected chi connectivity index (χ4v) is 3.26. The number of carbonyl (C=O) groups excluding carboxylic acids is 3. The van der Waals surface area contributed by atoms with E-state index >= 15 is 0 Å². The van der Waals surface area contributed by atoms with E-state index in [9.17, 15) is 14.4 Å². The van der Waals surface area contributed by atoms with E-state index in [0.717, 1.165) is 18.4 Å². The van der Waals surface area contributed by atoms with Gasteiger partial charge in [0.1, 0.15) is 0 Å². The molecule has 0 spiro atoms. The minimum absolute atomic E-state index is 0.141. The summed E-state index contributed by atoms with van der Waals surface area (Å²) in [6, 6.07) is 13.9. The highest BCUT2D eigenvalue weighted by molar-refractivity contribution is 6.21. The van der Waals surface area contributed by atoms with Crippen molar-refractivity contribution in [1.82, 2.24) is 9.88 Å². The molecule has 1 aromatic heterocycles. The quantitative estimate of drug-likeness (QED) is 0.435. The van der Waals surface area contributed by atoms with Crippen molar-refractivity contribution in [3.63, 3.8) is 0 Å². The van der Waals surface area contributed by atoms with E-state index in [1.165, 1.54) is 23.1 Å². The lowest BCUT2D eigenvalue weighted by atomic mass is 10.1. The van der Waals surface area contributed by atoms with Crippen LogP contribution in [0.5, 0.6) is 0 Å². The number of rotatable bonds is 7. The van der Waals surface area contributed by atoms with Crippen LogP contribution in [-0.4, -0.2) is 34.2 Å². The number of hydrogen-bond acceptors (Lipinski definition) is 6. The molecule has 0 fully saturated rings. The Morgan fingerprint density at radius 1 is 1.07 bits per heavy atom. The number of oxazole rings is 1. The molecular formula is C23H20N2O5. The normalized spacial score (nSPS) is 12.9. The summed E-state index contributed by atoms with van der Waals surface area (Å²) in [4.78, 5) is 42.7. The molecule has 2 heterocycles. The van der Waals surface area contributed by atoms with Gasteiger partial charge in [0.15, 0.2) is 12.4 Å². The zero-order chi connectivity index (χ0) is 21.1. The molecule has 1 aliphatic rings. The maximum Gasteiger partial charge on any atom is 0.338 e. The van der Waals surface area contributed by atoms with E-state index in [1.807, 2.05) is 37.3 Å². The first-order valence-electron chi connectivity index (χ1n) is 9.76. The highest BCUT2D eigenvalue weighted by Crippen LogP contribution is 2.25. The van der Waals surface area contributed by atoms with Gasteiger partial charge in [0.05, 0.1) is 22.9 Å². The van der Waals surface area contributed by atoms with Gasteiger partial charge >= 0.3 is 5.97 Å². The molecule has 2 amide bonds. The van der Waals surface area contributed by atoms with Crippen LogP contribution < -0.4 is 0 Å². The fraction of sp³-hybridized carbons (Fsp3) is 0.217. The van der Waals surface area contributed by atoms with Crippen LogP contribution in [0.4, 0.5) is 0 Å². The fourth-order valence-electron chi connectivity index (χ4n) is 3.26. The third-order valence-electron chi connectivity index (χ3n) is 4.88. The largest absolute Gasteiger partial charge is 0.452 e. The van der Waals surface area contributed by atoms with Crippen LogP contribution in [0.3, 0.4) is 0 Å². The van der Waals surface area contributed by atoms with Crippen molar-refractivity contribution in [3.05, 3.63) is 77.3 Å². The number of esters is 1. The maximum absolute atomic E-state index is 12.5. The minimum Gasteiger partial charge on any atom is -0.452 e. The number of ether oxygens (including phenoxy) is 1. The second kappa shape index (κ2) is 8.32. The Bertz CT molecular complexity index is 1100. The van der Waals surface area contributed by atoms with E-state index in [4.69, 9.17) is 9.15 Å². The zero-order valence-corrected chi connectivity index (χ0v) is 16.5. The van der Waals surface area contributed by atoms with Gasteiger partial charge in [0, 0.05) is 12.1 Å². The Morgan fingerprint density at radius 3 is 2.60 bits per heavy atom. The highest BCUT2D eigenvalue weighted by Gasteiger charge is 2.35. The van der Waals surface area contributed by atoms with Gasteiger partial charge in [-0.3, -0.25) is 14.5 Å². The van der Waals surface area contributed by atoms with Crippen molar-refractivity contribution >= 4 is 17.8 Å². The Balaban J connectivity index is 1.43. The van der Waals surface area contributed by atoms with E-state index in [0.29, 0.717) is 17.9 Å². The van der Waals surface area contributed by atoms with Gasteiger partial charge in [-0.1, -0.05) is 43.7 Å². The van der Waals surface area contributed by atoms with Gasteiger partial charge in [-0.15, -0.1) is 0 Å². The van der Waals surface area contributed by atoms with E-state index in [-0.39, 0.29) is 35.4 Å². The molecular weight excluding hydrogens is 384 g/mol. The van der Waals surface area contributed by atoms with E-state index in [1.54, 1.807) is 6.20 Å². The van der Waals surface area contributed by atoms with Crippen LogP contribution in [0.25, 0.3) is 11.3 Å². The summed E-state index contributed by atoms with van der Waals surface area (Å²) >= 11 is 0. The molecule has 1 aliphatic heterocycles. The third kappa shape index (κ3) is 3.74. The molecule has 0 N–H and O–H groups in total. The van der Waals surface area contributed by atoms with Crippen LogP contribution >= 0.6 is 0 Å². The summed E-state index contributed by atoms with van der Waals surface area (Å²) < 4.78 is 10.9.